The molecule has 164 valence electrons. The fourth-order valence-corrected chi connectivity index (χ4v) is 3.74. The highest BCUT2D eigenvalue weighted by Crippen LogP contribution is 2.42. The molecule has 1 atom stereocenters. The zero-order chi connectivity index (χ0) is 23.0. The number of ketones is 1. The van der Waals surface area contributed by atoms with E-state index < -0.39 is 17.7 Å². The first kappa shape index (κ1) is 21.2. The van der Waals surface area contributed by atoms with Gasteiger partial charge in [0.1, 0.15) is 11.5 Å². The predicted molar refractivity (Wildman–Crippen MR) is 117 cm³/mol. The van der Waals surface area contributed by atoms with Crippen LogP contribution in [0.15, 0.2) is 58.6 Å². The van der Waals surface area contributed by atoms with E-state index >= 15 is 0 Å². The number of hydrogen-bond acceptors (Lipinski definition) is 7. The lowest BCUT2D eigenvalue weighted by atomic mass is 9.94. The predicted octanol–water partition coefficient (Wildman–Crippen LogP) is 3.93. The number of aliphatic hydroxyl groups is 1. The molecule has 2 aromatic carbocycles. The van der Waals surface area contributed by atoms with Crippen molar-refractivity contribution in [1.82, 2.24) is 5.16 Å². The molecule has 8 heteroatoms. The number of Topliss-reactive ketones (excluding diaryl/α,β-unsaturated/α-hetero) is 1. The van der Waals surface area contributed by atoms with Crippen LogP contribution in [0.1, 0.15) is 28.5 Å². The van der Waals surface area contributed by atoms with Crippen molar-refractivity contribution in [2.75, 3.05) is 19.1 Å². The van der Waals surface area contributed by atoms with Gasteiger partial charge < -0.3 is 19.1 Å². The number of rotatable bonds is 5. The summed E-state index contributed by atoms with van der Waals surface area (Å²) in [5.41, 5.74) is 1.93. The number of nitrogens with zero attached hydrogens (tertiary/aromatic N) is 2. The Hall–Kier alpha value is -4.07. The third-order valence-corrected chi connectivity index (χ3v) is 5.36. The Morgan fingerprint density at radius 1 is 1.00 bits per heavy atom. The maximum atomic E-state index is 13.1. The molecule has 1 unspecified atom stereocenters. The number of carbonyl (C=O) groups is 2. The van der Waals surface area contributed by atoms with Crippen molar-refractivity contribution in [1.29, 1.82) is 0 Å². The smallest absolute Gasteiger partial charge is 0.301 e. The van der Waals surface area contributed by atoms with Gasteiger partial charge in [-0.3, -0.25) is 14.5 Å². The van der Waals surface area contributed by atoms with Crippen LogP contribution >= 0.6 is 0 Å². The maximum Gasteiger partial charge on any atom is 0.301 e. The van der Waals surface area contributed by atoms with Crippen LogP contribution in [0.2, 0.25) is 0 Å². The maximum absolute atomic E-state index is 13.1. The summed E-state index contributed by atoms with van der Waals surface area (Å²) in [5, 5.41) is 15.1. The molecular formula is C24H22N2O6. The molecule has 1 aromatic heterocycles. The average Bonchev–Trinajstić information content (AvgIpc) is 3.34. The van der Waals surface area contributed by atoms with Gasteiger partial charge in [-0.05, 0) is 37.6 Å². The zero-order valence-corrected chi connectivity index (χ0v) is 18.1. The fourth-order valence-electron chi connectivity index (χ4n) is 3.74. The number of aryl methyl sites for hydroxylation is 2. The second kappa shape index (κ2) is 8.22. The molecule has 32 heavy (non-hydrogen) atoms. The second-order valence-corrected chi connectivity index (χ2v) is 7.45. The minimum Gasteiger partial charge on any atom is -0.507 e. The summed E-state index contributed by atoms with van der Waals surface area (Å²) in [5.74, 6) is -0.402. The van der Waals surface area contributed by atoms with Crippen molar-refractivity contribution in [2.24, 2.45) is 0 Å². The lowest BCUT2D eigenvalue weighted by molar-refractivity contribution is -0.132. The number of methoxy groups -OCH3 is 2. The van der Waals surface area contributed by atoms with E-state index in [1.54, 1.807) is 31.2 Å². The Kier molecular flexibility index (Phi) is 5.44. The van der Waals surface area contributed by atoms with Crippen LogP contribution in [0.5, 0.6) is 11.5 Å². The van der Waals surface area contributed by atoms with Crippen LogP contribution in [0.4, 0.5) is 5.82 Å². The minimum absolute atomic E-state index is 0.0493. The first-order chi connectivity index (χ1) is 15.3. The van der Waals surface area contributed by atoms with Gasteiger partial charge in [0.25, 0.3) is 5.78 Å². The van der Waals surface area contributed by atoms with Gasteiger partial charge in [-0.15, -0.1) is 0 Å². The van der Waals surface area contributed by atoms with Crippen LogP contribution in [0, 0.1) is 13.8 Å². The molecule has 0 radical (unpaired) electrons. The van der Waals surface area contributed by atoms with Crippen LogP contribution in [-0.4, -0.2) is 36.2 Å². The van der Waals surface area contributed by atoms with Crippen LogP contribution < -0.4 is 14.4 Å². The first-order valence-corrected chi connectivity index (χ1v) is 9.89. The van der Waals surface area contributed by atoms with Gasteiger partial charge in [0.2, 0.25) is 0 Å². The van der Waals surface area contributed by atoms with E-state index in [1.807, 2.05) is 31.2 Å². The highest BCUT2D eigenvalue weighted by Gasteiger charge is 2.48. The number of benzene rings is 2. The number of ether oxygens (including phenoxy) is 2. The van der Waals surface area contributed by atoms with Gasteiger partial charge in [0.05, 0.1) is 25.8 Å². The standard InChI is InChI=1S/C24H22N2O6/c1-13-5-7-15(8-6-13)21-20(22(27)16-9-10-17(30-3)18(12-16)31-4)23(28)24(29)26(21)19-11-14(2)32-25-19/h5-12,21,27H,1-4H3/b22-20+. The summed E-state index contributed by atoms with van der Waals surface area (Å²) in [6.07, 6.45) is 0. The van der Waals surface area contributed by atoms with Crippen molar-refractivity contribution in [2.45, 2.75) is 19.9 Å². The summed E-state index contributed by atoms with van der Waals surface area (Å²) in [6.45, 7) is 3.63. The van der Waals surface area contributed by atoms with Gasteiger partial charge in [-0.1, -0.05) is 35.0 Å². The molecule has 0 spiro atoms. The molecule has 0 aliphatic carbocycles. The molecule has 1 saturated heterocycles. The largest absolute Gasteiger partial charge is 0.507 e. The van der Waals surface area contributed by atoms with Crippen molar-refractivity contribution in [3.8, 4) is 11.5 Å². The lowest BCUT2D eigenvalue weighted by Crippen LogP contribution is -2.29. The van der Waals surface area contributed by atoms with Crippen molar-refractivity contribution in [3.05, 3.63) is 76.6 Å². The first-order valence-electron chi connectivity index (χ1n) is 9.89. The van der Waals surface area contributed by atoms with E-state index in [1.165, 1.54) is 19.1 Å². The highest BCUT2D eigenvalue weighted by molar-refractivity contribution is 6.51. The van der Waals surface area contributed by atoms with Crippen molar-refractivity contribution >= 4 is 23.3 Å². The van der Waals surface area contributed by atoms with E-state index in [0.717, 1.165) is 5.56 Å². The normalized spacial score (nSPS) is 17.6. The summed E-state index contributed by atoms with van der Waals surface area (Å²) in [7, 11) is 2.97. The summed E-state index contributed by atoms with van der Waals surface area (Å²) in [6, 6.07) is 12.8. The third-order valence-electron chi connectivity index (χ3n) is 5.36. The van der Waals surface area contributed by atoms with Crippen LogP contribution in [0.25, 0.3) is 5.76 Å². The molecule has 0 bridgehead atoms. The Balaban J connectivity index is 1.93. The number of carbonyl (C=O) groups excluding carboxylic acids is 2. The summed E-state index contributed by atoms with van der Waals surface area (Å²) >= 11 is 0. The SMILES string of the molecule is COc1ccc(/C(O)=C2\C(=O)C(=O)N(c3cc(C)on3)C2c2ccc(C)cc2)cc1OC. The van der Waals surface area contributed by atoms with E-state index in [-0.39, 0.29) is 17.2 Å². The van der Waals surface area contributed by atoms with Gasteiger partial charge in [-0.2, -0.15) is 0 Å². The van der Waals surface area contributed by atoms with E-state index in [0.29, 0.717) is 28.4 Å². The van der Waals surface area contributed by atoms with Crippen LogP contribution in [-0.2, 0) is 9.59 Å². The molecule has 1 N–H and O–H groups in total. The van der Waals surface area contributed by atoms with Gasteiger partial charge >= 0.3 is 5.91 Å². The lowest BCUT2D eigenvalue weighted by Gasteiger charge is -2.23. The molecule has 1 aliphatic rings. The van der Waals surface area contributed by atoms with Gasteiger partial charge in [0.15, 0.2) is 17.3 Å². The molecule has 1 amide bonds. The van der Waals surface area contributed by atoms with Crippen molar-refractivity contribution in [3.63, 3.8) is 0 Å². The monoisotopic (exact) mass is 434 g/mol. The highest BCUT2D eigenvalue weighted by atomic mass is 16.5. The second-order valence-electron chi connectivity index (χ2n) is 7.45. The Morgan fingerprint density at radius 2 is 1.69 bits per heavy atom. The van der Waals surface area contributed by atoms with Gasteiger partial charge in [-0.25, -0.2) is 0 Å². The fraction of sp³-hybridized carbons (Fsp3) is 0.208. The van der Waals surface area contributed by atoms with Gasteiger partial charge in [0, 0.05) is 11.6 Å². The van der Waals surface area contributed by atoms with E-state index in [9.17, 15) is 14.7 Å². The molecule has 3 aromatic rings. The number of anilines is 1. The Labute approximate surface area is 184 Å². The molecule has 4 rings (SSSR count). The number of aromatic nitrogens is 1. The number of amides is 1. The molecule has 8 nitrogen and oxygen atoms in total. The molecule has 1 fully saturated rings. The molecule has 0 saturated carbocycles. The minimum atomic E-state index is -0.881. The average molecular weight is 434 g/mol. The number of aliphatic hydroxyl groups excluding tert-OH is 1. The van der Waals surface area contributed by atoms with E-state index in [4.69, 9.17) is 14.0 Å². The topological polar surface area (TPSA) is 102 Å². The van der Waals surface area contributed by atoms with Crippen molar-refractivity contribution < 1.29 is 28.7 Å². The van der Waals surface area contributed by atoms with Crippen LogP contribution in [0.3, 0.4) is 0 Å². The summed E-state index contributed by atoms with van der Waals surface area (Å²) in [4.78, 5) is 27.4. The summed E-state index contributed by atoms with van der Waals surface area (Å²) < 4.78 is 15.7. The van der Waals surface area contributed by atoms with E-state index in [2.05, 4.69) is 5.16 Å². The zero-order valence-electron chi connectivity index (χ0n) is 18.1. The molecular weight excluding hydrogens is 412 g/mol. The molecule has 2 heterocycles. The Morgan fingerprint density at radius 3 is 2.28 bits per heavy atom. The Bertz CT molecular complexity index is 1230. The number of hydrogen-bond donors (Lipinski definition) is 1. The third kappa shape index (κ3) is 3.49. The quantitative estimate of drug-likeness (QED) is 0.369. The molecule has 1 aliphatic heterocycles.